The van der Waals surface area contributed by atoms with Gasteiger partial charge in [0.2, 0.25) is 0 Å². The molecular formula is C7H13I. The lowest BCUT2D eigenvalue weighted by molar-refractivity contribution is 0.694. The highest BCUT2D eigenvalue weighted by molar-refractivity contribution is 14.2. The smallest absolute Gasteiger partial charge is 0.0270 e. The summed E-state index contributed by atoms with van der Waals surface area (Å²) < 4.78 is 4.41. The van der Waals surface area contributed by atoms with Gasteiger partial charge in [-0.15, -0.1) is 0 Å². The molecule has 8 heavy (non-hydrogen) atoms. The number of hydrogen-bond donors (Lipinski definition) is 0. The van der Waals surface area contributed by atoms with E-state index in [-0.39, 0.29) is 20.7 Å². The van der Waals surface area contributed by atoms with Crippen LogP contribution in [-0.4, -0.2) is 4.01 Å². The van der Waals surface area contributed by atoms with Crippen molar-refractivity contribution >= 4 is 24.7 Å². The van der Waals surface area contributed by atoms with E-state index in [1.807, 2.05) is 4.08 Å². The monoisotopic (exact) mass is 224 g/mol. The van der Waals surface area contributed by atoms with Crippen LogP contribution in [0.5, 0.6) is 0 Å². The predicted octanol–water partition coefficient (Wildman–Crippen LogP) is 2.95. The molecule has 0 aromatic heterocycles. The first-order valence-corrected chi connectivity index (χ1v) is 5.31. The Bertz CT molecular complexity index is 82.4. The van der Waals surface area contributed by atoms with Gasteiger partial charge in [0.1, 0.15) is 0 Å². The minimum absolute atomic E-state index is 0.233. The fraction of sp³-hybridized carbons (Fsp3) is 0.571. The van der Waals surface area contributed by atoms with E-state index in [0.717, 1.165) is 5.92 Å². The summed E-state index contributed by atoms with van der Waals surface area (Å²) in [5.74, 6) is 0.828. The molecule has 0 atom stereocenters. The third kappa shape index (κ3) is 6.34. The van der Waals surface area contributed by atoms with Crippen LogP contribution in [0.3, 0.4) is 0 Å². The molecular weight excluding hydrogens is 211 g/mol. The van der Waals surface area contributed by atoms with Crippen molar-refractivity contribution in [3.05, 3.63) is 10.7 Å². The van der Waals surface area contributed by atoms with Crippen molar-refractivity contribution in [1.82, 2.24) is 0 Å². The molecule has 0 saturated heterocycles. The van der Waals surface area contributed by atoms with Crippen LogP contribution < -0.4 is 0 Å². The zero-order chi connectivity index (χ0) is 6.41. The van der Waals surface area contributed by atoms with Crippen molar-refractivity contribution in [1.29, 1.82) is 0 Å². The molecule has 0 bridgehead atoms. The maximum atomic E-state index is 3.68. The van der Waals surface area contributed by atoms with Crippen molar-refractivity contribution in [2.45, 2.75) is 20.3 Å². The van der Waals surface area contributed by atoms with Gasteiger partial charge in [-0.25, -0.2) is 0 Å². The molecule has 0 rings (SSSR count). The highest BCUT2D eigenvalue weighted by Crippen LogP contribution is 2.01. The van der Waals surface area contributed by atoms with Gasteiger partial charge in [-0.2, -0.15) is 0 Å². The van der Waals surface area contributed by atoms with Crippen molar-refractivity contribution in [3.63, 3.8) is 0 Å². The van der Waals surface area contributed by atoms with Crippen LogP contribution in [0.15, 0.2) is 10.7 Å². The first-order valence-electron chi connectivity index (χ1n) is 2.82. The molecule has 0 radical (unpaired) electrons. The lowest BCUT2D eigenvalue weighted by Gasteiger charge is -1.93. The van der Waals surface area contributed by atoms with Crippen molar-refractivity contribution in [2.75, 3.05) is 0 Å². The van der Waals surface area contributed by atoms with Gasteiger partial charge in [0, 0.05) is 0 Å². The van der Waals surface area contributed by atoms with Gasteiger partial charge in [0.05, 0.1) is 0 Å². The third-order valence-corrected chi connectivity index (χ3v) is 2.26. The molecule has 0 heterocycles. The topological polar surface area (TPSA) is 0 Å². The van der Waals surface area contributed by atoms with Gasteiger partial charge in [-0.3, -0.25) is 0 Å². The number of hydrogen-bond acceptors (Lipinski definition) is 0. The molecule has 0 aromatic rings. The van der Waals surface area contributed by atoms with E-state index >= 15 is 0 Å². The SMILES string of the molecule is C=CI=CCC(C)C. The Morgan fingerprint density at radius 3 is 2.62 bits per heavy atom. The van der Waals surface area contributed by atoms with Crippen LogP contribution in [-0.2, 0) is 0 Å². The number of halogens is 1. The maximum Gasteiger partial charge on any atom is -0.0270 e. The number of rotatable bonds is 3. The van der Waals surface area contributed by atoms with Crippen LogP contribution in [0, 0.1) is 5.92 Å². The Morgan fingerprint density at radius 2 is 2.25 bits per heavy atom. The molecule has 0 fully saturated rings. The molecule has 0 N–H and O–H groups in total. The summed E-state index contributed by atoms with van der Waals surface area (Å²) in [6, 6.07) is 0. The molecule has 1 heteroatoms. The average molecular weight is 224 g/mol. The highest BCUT2D eigenvalue weighted by atomic mass is 127. The van der Waals surface area contributed by atoms with Crippen LogP contribution in [0.1, 0.15) is 20.3 Å². The van der Waals surface area contributed by atoms with Crippen molar-refractivity contribution < 1.29 is 0 Å². The van der Waals surface area contributed by atoms with Gasteiger partial charge >= 0.3 is 0 Å². The van der Waals surface area contributed by atoms with Gasteiger partial charge in [0.25, 0.3) is 0 Å². The molecule has 0 aromatic carbocycles. The second-order valence-electron chi connectivity index (χ2n) is 2.06. The Balaban J connectivity index is 3.15. The maximum absolute atomic E-state index is 3.68. The third-order valence-electron chi connectivity index (χ3n) is 0.739. The molecule has 0 nitrogen and oxygen atoms in total. The standard InChI is InChI=1S/C7H13I/c1-4-8-6-5-7(2)3/h4,6-7H,1,5H2,2-3H3. The molecule has 0 spiro atoms. The predicted molar refractivity (Wildman–Crippen MR) is 49.7 cm³/mol. The minimum atomic E-state index is 0.233. The Kier molecular flexibility index (Phi) is 5.71. The Morgan fingerprint density at radius 1 is 1.62 bits per heavy atom. The summed E-state index contributed by atoms with van der Waals surface area (Å²) >= 11 is 0.233. The molecule has 0 saturated carbocycles. The lowest BCUT2D eigenvalue weighted by atomic mass is 10.2. The zero-order valence-corrected chi connectivity index (χ0v) is 7.68. The van der Waals surface area contributed by atoms with Gasteiger partial charge < -0.3 is 0 Å². The van der Waals surface area contributed by atoms with Crippen molar-refractivity contribution in [3.8, 4) is 0 Å². The van der Waals surface area contributed by atoms with E-state index in [0.29, 0.717) is 0 Å². The quantitative estimate of drug-likeness (QED) is 0.646. The van der Waals surface area contributed by atoms with E-state index in [2.05, 4.69) is 24.4 Å². The fourth-order valence-corrected chi connectivity index (χ4v) is 1.96. The first-order chi connectivity index (χ1) is 3.77. The fourth-order valence-electron chi connectivity index (χ4n) is 0.293. The minimum Gasteiger partial charge on any atom is -0.0988 e. The van der Waals surface area contributed by atoms with E-state index in [4.69, 9.17) is 0 Å². The second kappa shape index (κ2) is 5.48. The highest BCUT2D eigenvalue weighted by Gasteiger charge is 1.84. The molecule has 0 aliphatic heterocycles. The van der Waals surface area contributed by atoms with Gasteiger partial charge in [-0.05, 0) is 16.4 Å². The average Bonchev–Trinajstić information content (AvgIpc) is 1.66. The second-order valence-corrected chi connectivity index (χ2v) is 4.54. The summed E-state index contributed by atoms with van der Waals surface area (Å²) in [5.41, 5.74) is 0. The normalized spacial score (nSPS) is 11.9. The van der Waals surface area contributed by atoms with Crippen molar-refractivity contribution in [2.24, 2.45) is 5.92 Å². The van der Waals surface area contributed by atoms with E-state index in [1.165, 1.54) is 6.42 Å². The molecule has 0 unspecified atom stereocenters. The summed E-state index contributed by atoms with van der Waals surface area (Å²) in [5, 5.41) is 0. The van der Waals surface area contributed by atoms with E-state index < -0.39 is 0 Å². The van der Waals surface area contributed by atoms with E-state index in [1.54, 1.807) is 0 Å². The summed E-state index contributed by atoms with van der Waals surface area (Å²) in [4.78, 5) is 0. The molecule has 48 valence electrons. The Hall–Kier alpha value is 0.340. The summed E-state index contributed by atoms with van der Waals surface area (Å²) in [7, 11) is 0. The Labute approximate surface area is 61.7 Å². The molecule has 0 aliphatic carbocycles. The van der Waals surface area contributed by atoms with Gasteiger partial charge in [-0.1, -0.05) is 45.2 Å². The largest absolute Gasteiger partial charge is 0.0988 e. The van der Waals surface area contributed by atoms with E-state index in [9.17, 15) is 0 Å². The van der Waals surface area contributed by atoms with Crippen LogP contribution in [0.2, 0.25) is 0 Å². The lowest BCUT2D eigenvalue weighted by Crippen LogP contribution is -1.83. The summed E-state index contributed by atoms with van der Waals surface area (Å²) in [6.45, 7) is 8.15. The molecule has 0 aliphatic rings. The van der Waals surface area contributed by atoms with Gasteiger partial charge in [0.15, 0.2) is 0 Å². The summed E-state index contributed by atoms with van der Waals surface area (Å²) in [6.07, 6.45) is 1.26. The van der Waals surface area contributed by atoms with Crippen LogP contribution >= 0.6 is 20.7 Å². The van der Waals surface area contributed by atoms with Crippen LogP contribution in [0.25, 0.3) is 0 Å². The molecule has 0 amide bonds. The zero-order valence-electron chi connectivity index (χ0n) is 5.52. The van der Waals surface area contributed by atoms with Crippen LogP contribution in [0.4, 0.5) is 0 Å². The first kappa shape index (κ1) is 8.34.